The molecule has 0 aromatic heterocycles. The van der Waals surface area contributed by atoms with Crippen LogP contribution in [0.1, 0.15) is 62.4 Å². The number of rotatable bonds is 7. The predicted molar refractivity (Wildman–Crippen MR) is 144 cm³/mol. The van der Waals surface area contributed by atoms with E-state index in [4.69, 9.17) is 11.6 Å². The van der Waals surface area contributed by atoms with Crippen LogP contribution < -0.4 is 21.9 Å². The lowest BCUT2D eigenvalue weighted by atomic mass is 9.94. The number of aliphatic carboxylic acids is 1. The Morgan fingerprint density at radius 2 is 2.11 bits per heavy atom. The maximum absolute atomic E-state index is 16.2. The van der Waals surface area contributed by atoms with Gasteiger partial charge in [-0.25, -0.2) is 9.18 Å². The summed E-state index contributed by atoms with van der Waals surface area (Å²) in [6.07, 6.45) is 2.89. The number of Topliss-reactive ketones (excluding diaryl/α,β-unsaturated/α-hetero) is 1. The van der Waals surface area contributed by atoms with Gasteiger partial charge in [0.2, 0.25) is 5.78 Å². The minimum atomic E-state index is -1.32. The first-order valence-corrected chi connectivity index (χ1v) is 13.8. The van der Waals surface area contributed by atoms with Crippen LogP contribution >= 0.6 is 23.5 Å². The molecule has 2 unspecified atom stereocenters. The second-order valence-electron chi connectivity index (χ2n) is 9.27. The molecule has 2 bridgehead atoms. The van der Waals surface area contributed by atoms with E-state index in [0.717, 1.165) is 24.8 Å². The number of anilines is 2. The third kappa shape index (κ3) is 5.71. The zero-order valence-electron chi connectivity index (χ0n) is 20.7. The lowest BCUT2D eigenvalue weighted by Gasteiger charge is -2.27. The molecule has 1 aromatic rings. The van der Waals surface area contributed by atoms with Crippen molar-refractivity contribution in [1.82, 2.24) is 0 Å². The fraction of sp³-hybridized carbons (Fsp3) is 0.520. The molecule has 0 amide bonds. The number of hydrogen-bond donors (Lipinski definition) is 4. The van der Waals surface area contributed by atoms with Gasteiger partial charge in [0, 0.05) is 34.7 Å². The van der Waals surface area contributed by atoms with Crippen LogP contribution in [-0.4, -0.2) is 41.7 Å². The Morgan fingerprint density at radius 1 is 1.40 bits per heavy atom. The number of ketones is 1. The van der Waals surface area contributed by atoms with E-state index in [1.54, 1.807) is 6.92 Å². The van der Waals surface area contributed by atoms with Gasteiger partial charge >= 0.3 is 5.97 Å². The average Bonchev–Trinajstić information content (AvgIpc) is 3.29. The quantitative estimate of drug-likeness (QED) is 0.221. The molecule has 0 aliphatic carbocycles. The summed E-state index contributed by atoms with van der Waals surface area (Å²) in [5.41, 5.74) is 9.92. The van der Waals surface area contributed by atoms with Crippen LogP contribution in [-0.2, 0) is 4.79 Å². The number of carbonyl (C=O) groups is 2. The van der Waals surface area contributed by atoms with E-state index in [-0.39, 0.29) is 28.8 Å². The number of nitrogens with zero attached hydrogens (tertiary/aromatic N) is 1. The highest BCUT2D eigenvalue weighted by Crippen LogP contribution is 2.46. The highest BCUT2D eigenvalue weighted by Gasteiger charge is 2.35. The van der Waals surface area contributed by atoms with Crippen molar-refractivity contribution in [3.05, 3.63) is 38.4 Å². The number of hydrazine groups is 1. The van der Waals surface area contributed by atoms with Gasteiger partial charge in [0.1, 0.15) is 5.57 Å². The van der Waals surface area contributed by atoms with Gasteiger partial charge in [-0.3, -0.25) is 10.6 Å². The first-order chi connectivity index (χ1) is 16.6. The maximum Gasteiger partial charge on any atom is 0.340 e. The van der Waals surface area contributed by atoms with Crippen LogP contribution in [0.25, 0.3) is 0 Å². The highest BCUT2D eigenvalue weighted by molar-refractivity contribution is 8.06. The SMILES string of the molecule is CCCC/C1=C(/C(=O)O)C(=O)c2c(C)c(c(N3CCC(C(C)N)C3)c(F)c2NN)SC/C(C)=C/S1. The third-order valence-corrected chi connectivity index (χ3v) is 9.19. The molecule has 1 aromatic carbocycles. The zero-order valence-corrected chi connectivity index (χ0v) is 22.4. The first kappa shape index (κ1) is 27.6. The number of nitrogen functional groups attached to an aromatic ring is 1. The van der Waals surface area contributed by atoms with Crippen molar-refractivity contribution in [3.63, 3.8) is 0 Å². The van der Waals surface area contributed by atoms with E-state index in [1.165, 1.54) is 23.5 Å². The Hall–Kier alpha value is -2.01. The molecule has 2 atom stereocenters. The molecule has 10 heteroatoms. The van der Waals surface area contributed by atoms with E-state index in [1.807, 2.05) is 31.1 Å². The van der Waals surface area contributed by atoms with Gasteiger partial charge in [0.05, 0.1) is 16.9 Å². The summed E-state index contributed by atoms with van der Waals surface area (Å²) in [4.78, 5) is 29.2. The van der Waals surface area contributed by atoms with E-state index >= 15 is 4.39 Å². The summed E-state index contributed by atoms with van der Waals surface area (Å²) < 4.78 is 16.2. The molecule has 0 spiro atoms. The Bertz CT molecular complexity index is 1070. The number of unbranched alkanes of at least 4 members (excludes halogenated alkanes) is 1. The van der Waals surface area contributed by atoms with Crippen LogP contribution in [0, 0.1) is 18.7 Å². The summed E-state index contributed by atoms with van der Waals surface area (Å²) in [5, 5.41) is 12.0. The molecule has 1 saturated heterocycles. The number of thioether (sulfide) groups is 2. The van der Waals surface area contributed by atoms with Crippen molar-refractivity contribution in [1.29, 1.82) is 0 Å². The summed E-state index contributed by atoms with van der Waals surface area (Å²) in [5.74, 6) is 3.88. The number of benzene rings is 1. The average molecular weight is 523 g/mol. The Morgan fingerprint density at radius 3 is 2.69 bits per heavy atom. The number of nitrogens with two attached hydrogens (primary N) is 2. The summed E-state index contributed by atoms with van der Waals surface area (Å²) in [7, 11) is 0. The number of carboxylic acid groups (broad SMARTS) is 1. The number of halogens is 1. The van der Waals surface area contributed by atoms with Crippen molar-refractivity contribution in [2.45, 2.75) is 64.3 Å². The summed E-state index contributed by atoms with van der Waals surface area (Å²) >= 11 is 2.73. The molecule has 0 saturated carbocycles. The van der Waals surface area contributed by atoms with Crippen LogP contribution in [0.5, 0.6) is 0 Å². The first-order valence-electron chi connectivity index (χ1n) is 11.9. The molecule has 7 nitrogen and oxygen atoms in total. The van der Waals surface area contributed by atoms with E-state index in [2.05, 4.69) is 5.43 Å². The molecule has 2 heterocycles. The molecule has 2 aliphatic heterocycles. The normalized spacial score (nSPS) is 23.5. The lowest BCUT2D eigenvalue weighted by Crippen LogP contribution is -2.31. The summed E-state index contributed by atoms with van der Waals surface area (Å²) in [6.45, 7) is 8.91. The number of carboxylic acids is 1. The second-order valence-corrected chi connectivity index (χ2v) is 11.2. The predicted octanol–water partition coefficient (Wildman–Crippen LogP) is 5.05. The number of hydrogen-bond acceptors (Lipinski definition) is 8. The number of fused-ring (bicyclic) bond motifs is 2. The number of allylic oxidation sites excluding steroid dienone is 1. The largest absolute Gasteiger partial charge is 0.478 e. The molecule has 1 fully saturated rings. The smallest absolute Gasteiger partial charge is 0.340 e. The minimum absolute atomic E-state index is 0.0191. The molecule has 2 aliphatic rings. The molecule has 0 radical (unpaired) electrons. The van der Waals surface area contributed by atoms with Gasteiger partial charge in [-0.2, -0.15) is 0 Å². The number of nitrogens with one attached hydrogen (secondary N) is 1. The van der Waals surface area contributed by atoms with E-state index < -0.39 is 17.6 Å². The topological polar surface area (TPSA) is 122 Å². The van der Waals surface area contributed by atoms with Gasteiger partial charge in [-0.05, 0) is 56.9 Å². The monoisotopic (exact) mass is 522 g/mol. The molecular weight excluding hydrogens is 487 g/mol. The molecule has 192 valence electrons. The third-order valence-electron chi connectivity index (χ3n) is 6.59. The van der Waals surface area contributed by atoms with E-state index in [9.17, 15) is 14.7 Å². The molecule has 35 heavy (non-hydrogen) atoms. The summed E-state index contributed by atoms with van der Waals surface area (Å²) in [6, 6.07) is -0.0191. The Balaban J connectivity index is 2.29. The van der Waals surface area contributed by atoms with Crippen LogP contribution in [0.2, 0.25) is 0 Å². The van der Waals surface area contributed by atoms with Gasteiger partial charge in [-0.1, -0.05) is 18.9 Å². The van der Waals surface area contributed by atoms with Crippen LogP contribution in [0.3, 0.4) is 0 Å². The van der Waals surface area contributed by atoms with Crippen molar-refractivity contribution >= 4 is 46.7 Å². The lowest BCUT2D eigenvalue weighted by molar-refractivity contribution is -0.132. The zero-order chi connectivity index (χ0) is 25.9. The van der Waals surface area contributed by atoms with Crippen LogP contribution in [0.4, 0.5) is 15.8 Å². The van der Waals surface area contributed by atoms with Crippen LogP contribution in [0.15, 0.2) is 26.4 Å². The fourth-order valence-electron chi connectivity index (χ4n) is 4.54. The Labute approximate surface area is 214 Å². The fourth-order valence-corrected chi connectivity index (χ4v) is 6.77. The van der Waals surface area contributed by atoms with Crippen molar-refractivity contribution in [2.75, 3.05) is 29.2 Å². The standard InChI is InChI=1S/C25H35FN4O3S2/c1-5-6-7-17-19(25(32)33)23(31)18-14(3)24(35-12-13(2)11-34-17)22(20(26)21(18)29-28)30-9-8-16(10-30)15(4)27/h11,15-16,29H,5-10,12,27-28H2,1-4H3,(H,32,33)/b13-11+,19-17-. The number of carbonyl (C=O) groups excluding carboxylic acids is 1. The molecular formula is C25H35FN4O3S2. The second kappa shape index (κ2) is 11.8. The van der Waals surface area contributed by atoms with Crippen molar-refractivity contribution in [3.8, 4) is 0 Å². The van der Waals surface area contributed by atoms with Crippen molar-refractivity contribution < 1.29 is 19.1 Å². The van der Waals surface area contributed by atoms with Gasteiger partial charge in [0.25, 0.3) is 0 Å². The molecule has 3 rings (SSSR count). The maximum atomic E-state index is 16.2. The highest BCUT2D eigenvalue weighted by atomic mass is 32.2. The van der Waals surface area contributed by atoms with Crippen molar-refractivity contribution in [2.24, 2.45) is 17.5 Å². The van der Waals surface area contributed by atoms with Gasteiger partial charge in [-0.15, -0.1) is 23.5 Å². The van der Waals surface area contributed by atoms with Gasteiger partial charge < -0.3 is 21.2 Å². The van der Waals surface area contributed by atoms with Gasteiger partial charge in [0.15, 0.2) is 5.82 Å². The minimum Gasteiger partial charge on any atom is -0.478 e. The van der Waals surface area contributed by atoms with E-state index in [0.29, 0.717) is 46.3 Å². The Kier molecular flexibility index (Phi) is 9.31. The molecule has 6 N–H and O–H groups in total.